The molecule has 19 heavy (non-hydrogen) atoms. The SMILES string of the molecule is CCCn1cc(S(=O)(=O)N2CCOCC2)cc1CN. The Morgan fingerprint density at radius 3 is 2.63 bits per heavy atom. The average molecular weight is 287 g/mol. The smallest absolute Gasteiger partial charge is 0.244 e. The summed E-state index contributed by atoms with van der Waals surface area (Å²) in [7, 11) is -3.42. The number of rotatable bonds is 5. The second-order valence-electron chi connectivity index (χ2n) is 4.58. The molecule has 0 bridgehead atoms. The third-order valence-electron chi connectivity index (χ3n) is 3.24. The van der Waals surface area contributed by atoms with Gasteiger partial charge in [-0.15, -0.1) is 0 Å². The third-order valence-corrected chi connectivity index (χ3v) is 5.11. The van der Waals surface area contributed by atoms with Gasteiger partial charge in [-0.25, -0.2) is 8.42 Å². The molecule has 1 fully saturated rings. The minimum absolute atomic E-state index is 0.336. The molecular formula is C12H21N3O3S. The van der Waals surface area contributed by atoms with Crippen LogP contribution in [0.4, 0.5) is 0 Å². The van der Waals surface area contributed by atoms with Gasteiger partial charge in [-0.2, -0.15) is 4.31 Å². The zero-order chi connectivity index (χ0) is 13.9. The van der Waals surface area contributed by atoms with Crippen molar-refractivity contribution in [2.45, 2.75) is 31.3 Å². The molecule has 0 radical (unpaired) electrons. The van der Waals surface area contributed by atoms with Gasteiger partial charge in [-0.3, -0.25) is 0 Å². The lowest BCUT2D eigenvalue weighted by Crippen LogP contribution is -2.40. The Morgan fingerprint density at radius 2 is 2.05 bits per heavy atom. The zero-order valence-electron chi connectivity index (χ0n) is 11.2. The maximum Gasteiger partial charge on any atom is 0.244 e. The fourth-order valence-corrected chi connectivity index (χ4v) is 3.70. The number of nitrogens with two attached hydrogens (primary N) is 1. The van der Waals surface area contributed by atoms with Gasteiger partial charge in [0.1, 0.15) is 4.90 Å². The minimum Gasteiger partial charge on any atom is -0.379 e. The Hall–Kier alpha value is -0.890. The van der Waals surface area contributed by atoms with E-state index in [1.54, 1.807) is 12.3 Å². The molecule has 1 saturated heterocycles. The van der Waals surface area contributed by atoms with Crippen molar-refractivity contribution in [3.63, 3.8) is 0 Å². The van der Waals surface area contributed by atoms with Gasteiger partial charge >= 0.3 is 0 Å². The summed E-state index contributed by atoms with van der Waals surface area (Å²) in [6, 6.07) is 1.68. The highest BCUT2D eigenvalue weighted by Gasteiger charge is 2.27. The van der Waals surface area contributed by atoms with Gasteiger partial charge in [0.25, 0.3) is 0 Å². The first-order chi connectivity index (χ1) is 9.09. The second kappa shape index (κ2) is 6.04. The Kier molecular flexibility index (Phi) is 4.62. The monoisotopic (exact) mass is 287 g/mol. The summed E-state index contributed by atoms with van der Waals surface area (Å²) < 4.78 is 33.6. The Morgan fingerprint density at radius 1 is 1.37 bits per heavy atom. The molecule has 2 N–H and O–H groups in total. The maximum atomic E-state index is 12.5. The predicted molar refractivity (Wildman–Crippen MR) is 72.2 cm³/mol. The standard InChI is InChI=1S/C12H21N3O3S/c1-2-3-14-10-12(8-11(14)9-13)19(16,17)15-4-6-18-7-5-15/h8,10H,2-7,9,13H2,1H3. The van der Waals surface area contributed by atoms with E-state index in [1.165, 1.54) is 4.31 Å². The summed E-state index contributed by atoms with van der Waals surface area (Å²) in [4.78, 5) is 0.336. The summed E-state index contributed by atoms with van der Waals surface area (Å²) >= 11 is 0. The highest BCUT2D eigenvalue weighted by atomic mass is 32.2. The van der Waals surface area contributed by atoms with Gasteiger partial charge in [-0.1, -0.05) is 6.92 Å². The molecule has 108 valence electrons. The molecule has 0 aliphatic carbocycles. The van der Waals surface area contributed by atoms with E-state index in [0.29, 0.717) is 37.7 Å². The van der Waals surface area contributed by atoms with Gasteiger partial charge < -0.3 is 15.0 Å². The molecular weight excluding hydrogens is 266 g/mol. The van der Waals surface area contributed by atoms with Gasteiger partial charge in [0.05, 0.1) is 13.2 Å². The van der Waals surface area contributed by atoms with Crippen LogP contribution in [-0.4, -0.2) is 43.6 Å². The number of sulfonamides is 1. The lowest BCUT2D eigenvalue weighted by atomic mass is 10.4. The van der Waals surface area contributed by atoms with E-state index >= 15 is 0 Å². The Labute approximate surface area is 114 Å². The second-order valence-corrected chi connectivity index (χ2v) is 6.52. The molecule has 0 aromatic carbocycles. The van der Waals surface area contributed by atoms with Crippen LogP contribution >= 0.6 is 0 Å². The van der Waals surface area contributed by atoms with Crippen molar-refractivity contribution in [3.8, 4) is 0 Å². The van der Waals surface area contributed by atoms with Gasteiger partial charge in [0, 0.05) is 38.1 Å². The molecule has 0 unspecified atom stereocenters. The lowest BCUT2D eigenvalue weighted by Gasteiger charge is -2.25. The molecule has 0 spiro atoms. The largest absolute Gasteiger partial charge is 0.379 e. The van der Waals surface area contributed by atoms with Crippen molar-refractivity contribution < 1.29 is 13.2 Å². The van der Waals surface area contributed by atoms with Crippen LogP contribution in [0.15, 0.2) is 17.2 Å². The molecule has 6 nitrogen and oxygen atoms in total. The van der Waals surface area contributed by atoms with E-state index < -0.39 is 10.0 Å². The van der Waals surface area contributed by atoms with Crippen LogP contribution in [0.3, 0.4) is 0 Å². The van der Waals surface area contributed by atoms with E-state index in [1.807, 2.05) is 4.57 Å². The van der Waals surface area contributed by atoms with E-state index in [0.717, 1.165) is 18.7 Å². The lowest BCUT2D eigenvalue weighted by molar-refractivity contribution is 0.0730. The molecule has 0 amide bonds. The number of aryl methyl sites for hydroxylation is 1. The van der Waals surface area contributed by atoms with Crippen molar-refractivity contribution in [2.75, 3.05) is 26.3 Å². The normalized spacial score (nSPS) is 17.8. The van der Waals surface area contributed by atoms with Crippen molar-refractivity contribution >= 4 is 10.0 Å². The van der Waals surface area contributed by atoms with Crippen molar-refractivity contribution in [2.24, 2.45) is 5.73 Å². The van der Waals surface area contributed by atoms with Crippen LogP contribution in [0.2, 0.25) is 0 Å². The van der Waals surface area contributed by atoms with Gasteiger partial charge in [-0.05, 0) is 12.5 Å². The Bertz CT molecular complexity index is 518. The highest BCUT2D eigenvalue weighted by Crippen LogP contribution is 2.20. The van der Waals surface area contributed by atoms with Crippen molar-refractivity contribution in [1.29, 1.82) is 0 Å². The highest BCUT2D eigenvalue weighted by molar-refractivity contribution is 7.89. The molecule has 0 atom stereocenters. The summed E-state index contributed by atoms with van der Waals surface area (Å²) in [5, 5.41) is 0. The zero-order valence-corrected chi connectivity index (χ0v) is 12.0. The summed E-state index contributed by atoms with van der Waals surface area (Å²) in [6.45, 7) is 4.93. The fourth-order valence-electron chi connectivity index (χ4n) is 2.22. The van der Waals surface area contributed by atoms with Crippen molar-refractivity contribution in [1.82, 2.24) is 8.87 Å². The summed E-state index contributed by atoms with van der Waals surface area (Å²) in [5.41, 5.74) is 6.52. The third kappa shape index (κ3) is 3.00. The predicted octanol–water partition coefficient (Wildman–Crippen LogP) is 0.378. The van der Waals surface area contributed by atoms with E-state index in [2.05, 4.69) is 6.92 Å². The van der Waals surface area contributed by atoms with E-state index in [4.69, 9.17) is 10.5 Å². The quantitative estimate of drug-likeness (QED) is 0.849. The number of hydrogen-bond donors (Lipinski definition) is 1. The molecule has 1 aliphatic heterocycles. The molecule has 2 heterocycles. The number of morpholine rings is 1. The molecule has 2 rings (SSSR count). The van der Waals surface area contributed by atoms with Crippen LogP contribution in [0.25, 0.3) is 0 Å². The number of nitrogens with zero attached hydrogens (tertiary/aromatic N) is 2. The molecule has 7 heteroatoms. The fraction of sp³-hybridized carbons (Fsp3) is 0.667. The topological polar surface area (TPSA) is 77.6 Å². The molecule has 1 aromatic heterocycles. The number of aromatic nitrogens is 1. The number of hydrogen-bond acceptors (Lipinski definition) is 4. The van der Waals surface area contributed by atoms with Crippen LogP contribution in [-0.2, 0) is 27.8 Å². The van der Waals surface area contributed by atoms with Gasteiger partial charge in [0.2, 0.25) is 10.0 Å². The first-order valence-electron chi connectivity index (χ1n) is 6.56. The van der Waals surface area contributed by atoms with Crippen LogP contribution in [0, 0.1) is 0 Å². The van der Waals surface area contributed by atoms with E-state index in [-0.39, 0.29) is 0 Å². The maximum absolute atomic E-state index is 12.5. The average Bonchev–Trinajstić information content (AvgIpc) is 2.84. The van der Waals surface area contributed by atoms with Crippen LogP contribution in [0.5, 0.6) is 0 Å². The van der Waals surface area contributed by atoms with Crippen LogP contribution < -0.4 is 5.73 Å². The van der Waals surface area contributed by atoms with Crippen molar-refractivity contribution in [3.05, 3.63) is 18.0 Å². The summed E-state index contributed by atoms with van der Waals surface area (Å²) in [6.07, 6.45) is 2.63. The van der Waals surface area contributed by atoms with E-state index in [9.17, 15) is 8.42 Å². The van der Waals surface area contributed by atoms with Gasteiger partial charge in [0.15, 0.2) is 0 Å². The first kappa shape index (κ1) is 14.5. The summed E-state index contributed by atoms with van der Waals surface area (Å²) in [5.74, 6) is 0. The molecule has 1 aromatic rings. The van der Waals surface area contributed by atoms with Crippen LogP contribution in [0.1, 0.15) is 19.0 Å². The molecule has 1 aliphatic rings. The number of ether oxygens (including phenoxy) is 1. The Balaban J connectivity index is 2.29. The minimum atomic E-state index is -3.42. The molecule has 0 saturated carbocycles. The first-order valence-corrected chi connectivity index (χ1v) is 8.00.